The highest BCUT2D eigenvalue weighted by molar-refractivity contribution is 6.04. The SMILES string of the molecule is CN1CCN(c2cccc3c(=O)cc(NC(=O)c4ccc(N5CCOCC5)cc4)oc23)CC1. The molecule has 0 radical (unpaired) electrons. The summed E-state index contributed by atoms with van der Waals surface area (Å²) in [5.74, 6) is -0.167. The summed E-state index contributed by atoms with van der Waals surface area (Å²) in [7, 11) is 2.10. The summed E-state index contributed by atoms with van der Waals surface area (Å²) in [5.41, 5.74) is 2.77. The summed E-state index contributed by atoms with van der Waals surface area (Å²) in [6.45, 7) is 6.68. The molecule has 0 unspecified atom stereocenters. The molecule has 3 heterocycles. The standard InChI is InChI=1S/C25H28N4O4/c1-27-9-11-29(12-10-27)21-4-2-3-20-22(30)17-23(33-24(20)21)26-25(31)18-5-7-19(8-6-18)28-13-15-32-16-14-28/h2-8,17H,9-16H2,1H3,(H,26,31). The van der Waals surface area contributed by atoms with Crippen molar-refractivity contribution in [3.63, 3.8) is 0 Å². The Labute approximate surface area is 192 Å². The molecule has 2 aromatic carbocycles. The molecule has 0 atom stereocenters. The number of fused-ring (bicyclic) bond motifs is 1. The third-order valence-corrected chi connectivity index (χ3v) is 6.32. The molecule has 1 amide bonds. The molecule has 33 heavy (non-hydrogen) atoms. The van der Waals surface area contributed by atoms with Crippen molar-refractivity contribution in [2.75, 3.05) is 74.6 Å². The van der Waals surface area contributed by atoms with E-state index in [1.807, 2.05) is 24.3 Å². The molecule has 8 heteroatoms. The number of nitrogens with one attached hydrogen (secondary N) is 1. The van der Waals surface area contributed by atoms with Crippen LogP contribution in [0, 0.1) is 0 Å². The number of carbonyl (C=O) groups excluding carboxylic acids is 1. The summed E-state index contributed by atoms with van der Waals surface area (Å²) >= 11 is 0. The zero-order chi connectivity index (χ0) is 22.8. The van der Waals surface area contributed by atoms with Gasteiger partial charge in [-0.25, -0.2) is 0 Å². The van der Waals surface area contributed by atoms with E-state index < -0.39 is 0 Å². The first-order valence-corrected chi connectivity index (χ1v) is 11.3. The molecule has 3 aromatic rings. The lowest BCUT2D eigenvalue weighted by Gasteiger charge is -2.34. The van der Waals surface area contributed by atoms with Gasteiger partial charge in [-0.3, -0.25) is 14.9 Å². The van der Waals surface area contributed by atoms with Crippen LogP contribution in [0.1, 0.15) is 10.4 Å². The lowest BCUT2D eigenvalue weighted by molar-refractivity contribution is 0.102. The second kappa shape index (κ2) is 9.25. The third kappa shape index (κ3) is 4.58. The minimum atomic E-state index is -0.317. The van der Waals surface area contributed by atoms with E-state index in [1.165, 1.54) is 6.07 Å². The molecule has 0 spiro atoms. The van der Waals surface area contributed by atoms with E-state index in [0.29, 0.717) is 29.7 Å². The fraction of sp³-hybridized carbons (Fsp3) is 0.360. The van der Waals surface area contributed by atoms with Gasteiger partial charge in [0, 0.05) is 56.6 Å². The number of anilines is 3. The average Bonchev–Trinajstić information content (AvgIpc) is 2.85. The first-order valence-electron chi connectivity index (χ1n) is 11.3. The highest BCUT2D eigenvalue weighted by Crippen LogP contribution is 2.28. The predicted molar refractivity (Wildman–Crippen MR) is 130 cm³/mol. The smallest absolute Gasteiger partial charge is 0.257 e. The zero-order valence-electron chi connectivity index (χ0n) is 18.8. The fourth-order valence-corrected chi connectivity index (χ4v) is 4.35. The topological polar surface area (TPSA) is 78.3 Å². The Morgan fingerprint density at radius 3 is 2.36 bits per heavy atom. The zero-order valence-corrected chi connectivity index (χ0v) is 18.8. The second-order valence-corrected chi connectivity index (χ2v) is 8.52. The van der Waals surface area contributed by atoms with Crippen molar-refractivity contribution in [2.45, 2.75) is 0 Å². The lowest BCUT2D eigenvalue weighted by atomic mass is 10.1. The molecule has 2 aliphatic heterocycles. The molecule has 5 rings (SSSR count). The van der Waals surface area contributed by atoms with Crippen LogP contribution in [0.5, 0.6) is 0 Å². The molecule has 2 saturated heterocycles. The van der Waals surface area contributed by atoms with Crippen LogP contribution >= 0.6 is 0 Å². The minimum absolute atomic E-state index is 0.149. The van der Waals surface area contributed by atoms with Gasteiger partial charge in [0.1, 0.15) is 0 Å². The molecule has 0 bridgehead atoms. The number of morpholine rings is 1. The van der Waals surface area contributed by atoms with Crippen LogP contribution in [0.3, 0.4) is 0 Å². The van der Waals surface area contributed by atoms with Crippen molar-refractivity contribution < 1.29 is 13.9 Å². The van der Waals surface area contributed by atoms with Crippen LogP contribution in [0.25, 0.3) is 11.0 Å². The molecule has 1 aromatic heterocycles. The van der Waals surface area contributed by atoms with Gasteiger partial charge in [-0.1, -0.05) is 6.07 Å². The van der Waals surface area contributed by atoms with Crippen LogP contribution in [0.2, 0.25) is 0 Å². The van der Waals surface area contributed by atoms with E-state index in [9.17, 15) is 9.59 Å². The number of rotatable bonds is 4. The van der Waals surface area contributed by atoms with E-state index in [4.69, 9.17) is 9.15 Å². The molecular weight excluding hydrogens is 420 g/mol. The largest absolute Gasteiger partial charge is 0.438 e. The number of ether oxygens (including phenoxy) is 1. The minimum Gasteiger partial charge on any atom is -0.438 e. The van der Waals surface area contributed by atoms with Gasteiger partial charge in [-0.15, -0.1) is 0 Å². The number of likely N-dealkylation sites (N-methyl/N-ethyl adjacent to an activating group) is 1. The molecule has 0 saturated carbocycles. The normalized spacial score (nSPS) is 17.4. The van der Waals surface area contributed by atoms with Crippen LogP contribution < -0.4 is 20.5 Å². The van der Waals surface area contributed by atoms with Crippen molar-refractivity contribution in [3.8, 4) is 0 Å². The van der Waals surface area contributed by atoms with Crippen LogP contribution in [0.15, 0.2) is 57.7 Å². The maximum absolute atomic E-state index is 12.8. The van der Waals surface area contributed by atoms with Crippen LogP contribution in [0.4, 0.5) is 17.3 Å². The second-order valence-electron chi connectivity index (χ2n) is 8.52. The van der Waals surface area contributed by atoms with Crippen molar-refractivity contribution >= 4 is 34.1 Å². The summed E-state index contributed by atoms with van der Waals surface area (Å²) in [4.78, 5) is 32.3. The Bertz CT molecular complexity index is 1190. The van der Waals surface area contributed by atoms with Gasteiger partial charge in [-0.2, -0.15) is 0 Å². The van der Waals surface area contributed by atoms with Crippen LogP contribution in [-0.2, 0) is 4.74 Å². The maximum atomic E-state index is 12.8. The number of nitrogens with zero attached hydrogens (tertiary/aromatic N) is 3. The molecule has 8 nitrogen and oxygen atoms in total. The predicted octanol–water partition coefficient (Wildman–Crippen LogP) is 2.63. The van der Waals surface area contributed by atoms with E-state index >= 15 is 0 Å². The molecule has 172 valence electrons. The molecular formula is C25H28N4O4. The number of hydrogen-bond acceptors (Lipinski definition) is 7. The van der Waals surface area contributed by atoms with Crippen molar-refractivity contribution in [1.29, 1.82) is 0 Å². The van der Waals surface area contributed by atoms with E-state index in [0.717, 1.165) is 50.6 Å². The first kappa shape index (κ1) is 21.5. The Hall–Kier alpha value is -3.36. The average molecular weight is 449 g/mol. The Morgan fingerprint density at radius 1 is 0.909 bits per heavy atom. The Morgan fingerprint density at radius 2 is 1.64 bits per heavy atom. The van der Waals surface area contributed by atoms with Crippen molar-refractivity contribution in [1.82, 2.24) is 4.90 Å². The summed E-state index contributed by atoms with van der Waals surface area (Å²) in [6, 6.07) is 14.4. The molecule has 0 aliphatic carbocycles. The lowest BCUT2D eigenvalue weighted by Crippen LogP contribution is -2.44. The van der Waals surface area contributed by atoms with Crippen molar-refractivity contribution in [2.24, 2.45) is 0 Å². The molecule has 2 fully saturated rings. The van der Waals surface area contributed by atoms with Gasteiger partial charge in [0.05, 0.1) is 24.3 Å². The van der Waals surface area contributed by atoms with E-state index in [1.54, 1.807) is 18.2 Å². The van der Waals surface area contributed by atoms with Gasteiger partial charge in [0.15, 0.2) is 11.0 Å². The summed E-state index contributed by atoms with van der Waals surface area (Å²) in [6.07, 6.45) is 0. The number of amides is 1. The Kier molecular flexibility index (Phi) is 6.02. The first-order chi connectivity index (χ1) is 16.1. The highest BCUT2D eigenvalue weighted by Gasteiger charge is 2.19. The quantitative estimate of drug-likeness (QED) is 0.657. The number of piperazine rings is 1. The Balaban J connectivity index is 1.38. The van der Waals surface area contributed by atoms with Crippen molar-refractivity contribution in [3.05, 3.63) is 64.3 Å². The number of benzene rings is 2. The molecule has 1 N–H and O–H groups in total. The number of hydrogen-bond donors (Lipinski definition) is 1. The number of para-hydroxylation sites is 1. The summed E-state index contributed by atoms with van der Waals surface area (Å²) < 4.78 is 11.5. The third-order valence-electron chi connectivity index (χ3n) is 6.32. The van der Waals surface area contributed by atoms with Gasteiger partial charge < -0.3 is 23.9 Å². The van der Waals surface area contributed by atoms with E-state index in [2.05, 4.69) is 27.1 Å². The fourth-order valence-electron chi connectivity index (χ4n) is 4.35. The molecule has 2 aliphatic rings. The van der Waals surface area contributed by atoms with Gasteiger partial charge in [0.2, 0.25) is 5.88 Å². The van der Waals surface area contributed by atoms with Crippen LogP contribution in [-0.4, -0.2) is 70.3 Å². The van der Waals surface area contributed by atoms with Gasteiger partial charge >= 0.3 is 0 Å². The number of carbonyl (C=O) groups is 1. The van der Waals surface area contributed by atoms with Gasteiger partial charge in [0.25, 0.3) is 5.91 Å². The maximum Gasteiger partial charge on any atom is 0.257 e. The van der Waals surface area contributed by atoms with Gasteiger partial charge in [-0.05, 0) is 43.4 Å². The monoisotopic (exact) mass is 448 g/mol. The van der Waals surface area contributed by atoms with E-state index in [-0.39, 0.29) is 17.2 Å². The highest BCUT2D eigenvalue weighted by atomic mass is 16.5. The summed E-state index contributed by atoms with van der Waals surface area (Å²) in [5, 5.41) is 3.27.